The van der Waals surface area contributed by atoms with Crippen molar-refractivity contribution in [1.82, 2.24) is 19.6 Å². The van der Waals surface area contributed by atoms with Crippen LogP contribution in [0.5, 0.6) is 0 Å². The Morgan fingerprint density at radius 3 is 2.84 bits per heavy atom. The highest BCUT2D eigenvalue weighted by Gasteiger charge is 2.19. The number of aryl methyl sites for hydroxylation is 2. The number of nitrogens with zero attached hydrogens (tertiary/aromatic N) is 4. The van der Waals surface area contributed by atoms with Crippen LogP contribution in [-0.2, 0) is 11.3 Å². The zero-order valence-corrected chi connectivity index (χ0v) is 15.9. The van der Waals surface area contributed by atoms with Crippen molar-refractivity contribution < 1.29 is 4.74 Å². The first-order chi connectivity index (χ1) is 12.0. The second-order valence-electron chi connectivity index (χ2n) is 7.50. The fourth-order valence-electron chi connectivity index (χ4n) is 3.43. The molecule has 2 aromatic rings. The van der Waals surface area contributed by atoms with Gasteiger partial charge in [-0.25, -0.2) is 4.68 Å². The van der Waals surface area contributed by atoms with Crippen molar-refractivity contribution in [3.63, 3.8) is 0 Å². The molecule has 3 rings (SSSR count). The third-order valence-electron chi connectivity index (χ3n) is 4.84. The molecular weight excluding hydrogens is 312 g/mol. The van der Waals surface area contributed by atoms with E-state index in [0.29, 0.717) is 5.92 Å². The van der Waals surface area contributed by atoms with Gasteiger partial charge in [0.2, 0.25) is 0 Å². The van der Waals surface area contributed by atoms with Crippen LogP contribution in [0, 0.1) is 19.8 Å². The molecule has 1 aliphatic heterocycles. The van der Waals surface area contributed by atoms with E-state index in [1.165, 1.54) is 16.7 Å². The number of rotatable bonds is 5. The molecule has 5 nitrogen and oxygen atoms in total. The summed E-state index contributed by atoms with van der Waals surface area (Å²) in [5.74, 6) is 0.562. The molecule has 1 aliphatic rings. The average Bonchev–Trinajstić information content (AvgIpc) is 2.91. The van der Waals surface area contributed by atoms with Gasteiger partial charge in [0.05, 0.1) is 25.1 Å². The van der Waals surface area contributed by atoms with Crippen molar-refractivity contribution in [2.24, 2.45) is 5.92 Å². The Balaban J connectivity index is 1.66. The molecule has 0 spiro atoms. The molecule has 0 N–H and O–H groups in total. The Labute approximate surface area is 151 Å². The molecule has 0 amide bonds. The topological polar surface area (TPSA) is 33.5 Å². The predicted octanol–water partition coefficient (Wildman–Crippen LogP) is 2.50. The molecule has 1 saturated heterocycles. The van der Waals surface area contributed by atoms with Gasteiger partial charge in [-0.3, -0.25) is 4.90 Å². The summed E-state index contributed by atoms with van der Waals surface area (Å²) in [6.07, 6.45) is 4.14. The van der Waals surface area contributed by atoms with Crippen molar-refractivity contribution in [2.45, 2.75) is 20.4 Å². The van der Waals surface area contributed by atoms with Gasteiger partial charge >= 0.3 is 0 Å². The number of hydrogen-bond donors (Lipinski definition) is 0. The van der Waals surface area contributed by atoms with Crippen molar-refractivity contribution in [2.75, 3.05) is 46.9 Å². The monoisotopic (exact) mass is 342 g/mol. The highest BCUT2D eigenvalue weighted by molar-refractivity contribution is 5.39. The van der Waals surface area contributed by atoms with Crippen LogP contribution in [0.25, 0.3) is 5.69 Å². The minimum Gasteiger partial charge on any atom is -0.380 e. The highest BCUT2D eigenvalue weighted by Crippen LogP contribution is 2.16. The van der Waals surface area contributed by atoms with Crippen LogP contribution in [0.2, 0.25) is 0 Å². The molecule has 136 valence electrons. The van der Waals surface area contributed by atoms with Gasteiger partial charge in [-0.15, -0.1) is 0 Å². The van der Waals surface area contributed by atoms with Crippen LogP contribution in [0.15, 0.2) is 30.6 Å². The molecule has 2 heterocycles. The van der Waals surface area contributed by atoms with E-state index in [0.717, 1.165) is 45.1 Å². The van der Waals surface area contributed by atoms with Crippen molar-refractivity contribution in [3.8, 4) is 5.69 Å². The predicted molar refractivity (Wildman–Crippen MR) is 101 cm³/mol. The Bertz CT molecular complexity index is 695. The average molecular weight is 342 g/mol. The molecule has 0 radical (unpaired) electrons. The van der Waals surface area contributed by atoms with Gasteiger partial charge in [0.25, 0.3) is 0 Å². The van der Waals surface area contributed by atoms with Crippen LogP contribution in [0.3, 0.4) is 0 Å². The Hall–Kier alpha value is -1.69. The number of ether oxygens (including phenoxy) is 1. The molecule has 1 atom stereocenters. The highest BCUT2D eigenvalue weighted by atomic mass is 16.5. The summed E-state index contributed by atoms with van der Waals surface area (Å²) in [6, 6.07) is 6.48. The third kappa shape index (κ3) is 4.91. The second kappa shape index (κ2) is 8.13. The van der Waals surface area contributed by atoms with E-state index in [2.05, 4.69) is 67.2 Å². The lowest BCUT2D eigenvalue weighted by molar-refractivity contribution is 0.112. The Morgan fingerprint density at radius 1 is 1.24 bits per heavy atom. The lowest BCUT2D eigenvalue weighted by atomic mass is 10.1. The summed E-state index contributed by atoms with van der Waals surface area (Å²) in [5.41, 5.74) is 4.99. The van der Waals surface area contributed by atoms with Crippen molar-refractivity contribution >= 4 is 0 Å². The molecule has 0 bridgehead atoms. The molecule has 1 fully saturated rings. The summed E-state index contributed by atoms with van der Waals surface area (Å²) < 4.78 is 7.77. The fraction of sp³-hybridized carbons (Fsp3) is 0.550. The minimum atomic E-state index is 0.562. The first-order valence-corrected chi connectivity index (χ1v) is 9.07. The van der Waals surface area contributed by atoms with Crippen LogP contribution in [0.4, 0.5) is 0 Å². The zero-order chi connectivity index (χ0) is 17.8. The smallest absolute Gasteiger partial charge is 0.0648 e. The third-order valence-corrected chi connectivity index (χ3v) is 4.84. The fourth-order valence-corrected chi connectivity index (χ4v) is 3.43. The standard InChI is InChI=1S/C20H30N4O/c1-16-5-6-20(9-17(16)2)24-14-18(10-21-24)12-23-7-8-25-15-19(13-23)11-22(3)4/h5-6,9-10,14,19H,7-8,11-13,15H2,1-4H3/t19-/m1/s1. The summed E-state index contributed by atoms with van der Waals surface area (Å²) >= 11 is 0. The first kappa shape index (κ1) is 18.1. The maximum absolute atomic E-state index is 5.79. The van der Waals surface area contributed by atoms with Crippen molar-refractivity contribution in [3.05, 3.63) is 47.3 Å². The van der Waals surface area contributed by atoms with Gasteiger partial charge < -0.3 is 9.64 Å². The molecule has 5 heteroatoms. The molecule has 0 unspecified atom stereocenters. The van der Waals surface area contributed by atoms with E-state index < -0.39 is 0 Å². The lowest BCUT2D eigenvalue weighted by Crippen LogP contribution is -2.34. The quantitative estimate of drug-likeness (QED) is 0.836. The van der Waals surface area contributed by atoms with Gasteiger partial charge in [-0.1, -0.05) is 6.07 Å². The summed E-state index contributed by atoms with van der Waals surface area (Å²) in [5, 5.41) is 4.56. The largest absolute Gasteiger partial charge is 0.380 e. The summed E-state index contributed by atoms with van der Waals surface area (Å²) in [4.78, 5) is 4.73. The number of benzene rings is 1. The van der Waals surface area contributed by atoms with Crippen molar-refractivity contribution in [1.29, 1.82) is 0 Å². The minimum absolute atomic E-state index is 0.562. The molecule has 1 aromatic carbocycles. The van der Waals surface area contributed by atoms with E-state index in [9.17, 15) is 0 Å². The number of aromatic nitrogens is 2. The second-order valence-corrected chi connectivity index (χ2v) is 7.50. The molecule has 1 aromatic heterocycles. The summed E-state index contributed by atoms with van der Waals surface area (Å²) in [7, 11) is 4.26. The van der Waals surface area contributed by atoms with Gasteiger partial charge in [0.1, 0.15) is 0 Å². The molecular formula is C20H30N4O. The zero-order valence-electron chi connectivity index (χ0n) is 15.9. The first-order valence-electron chi connectivity index (χ1n) is 9.07. The van der Waals surface area contributed by atoms with Crippen LogP contribution in [0.1, 0.15) is 16.7 Å². The van der Waals surface area contributed by atoms with E-state index >= 15 is 0 Å². The lowest BCUT2D eigenvalue weighted by Gasteiger charge is -2.24. The Kier molecular flexibility index (Phi) is 5.89. The molecule has 25 heavy (non-hydrogen) atoms. The maximum Gasteiger partial charge on any atom is 0.0648 e. The van der Waals surface area contributed by atoms with Crippen LogP contribution >= 0.6 is 0 Å². The van der Waals surface area contributed by atoms with E-state index in [1.807, 2.05) is 10.9 Å². The number of hydrogen-bond acceptors (Lipinski definition) is 4. The summed E-state index contributed by atoms with van der Waals surface area (Å²) in [6.45, 7) is 10.0. The van der Waals surface area contributed by atoms with Crippen LogP contribution < -0.4 is 0 Å². The maximum atomic E-state index is 5.79. The van der Waals surface area contributed by atoms with E-state index in [1.54, 1.807) is 0 Å². The van der Waals surface area contributed by atoms with E-state index in [-0.39, 0.29) is 0 Å². The van der Waals surface area contributed by atoms with Gasteiger partial charge in [0, 0.05) is 43.9 Å². The SMILES string of the molecule is Cc1ccc(-n2cc(CN3CCOC[C@H](CN(C)C)C3)cn2)cc1C. The van der Waals surface area contributed by atoms with Gasteiger partial charge in [-0.2, -0.15) is 5.10 Å². The van der Waals surface area contributed by atoms with Gasteiger partial charge in [-0.05, 0) is 51.2 Å². The normalized spacial score (nSPS) is 19.3. The van der Waals surface area contributed by atoms with E-state index in [4.69, 9.17) is 4.74 Å². The van der Waals surface area contributed by atoms with Gasteiger partial charge in [0.15, 0.2) is 0 Å². The Morgan fingerprint density at radius 2 is 2.08 bits per heavy atom. The van der Waals surface area contributed by atoms with Crippen LogP contribution in [-0.4, -0.2) is 66.5 Å². The molecule has 0 saturated carbocycles. The molecule has 0 aliphatic carbocycles.